The van der Waals surface area contributed by atoms with E-state index in [1.165, 1.54) is 6.42 Å². The molecule has 0 radical (unpaired) electrons. The summed E-state index contributed by atoms with van der Waals surface area (Å²) in [5, 5.41) is 2.37. The Labute approximate surface area is 171 Å². The van der Waals surface area contributed by atoms with Crippen LogP contribution in [0.2, 0.25) is 0 Å². The summed E-state index contributed by atoms with van der Waals surface area (Å²) in [6.45, 7) is 5.13. The molecule has 3 amide bonds. The van der Waals surface area contributed by atoms with Crippen LogP contribution in [0, 0.1) is 5.92 Å². The summed E-state index contributed by atoms with van der Waals surface area (Å²) < 4.78 is 0. The lowest BCUT2D eigenvalue weighted by molar-refractivity contribution is -0.136. The van der Waals surface area contributed by atoms with Crippen molar-refractivity contribution < 1.29 is 14.4 Å². The Hall–Kier alpha value is -2.25. The predicted molar refractivity (Wildman–Crippen MR) is 109 cm³/mol. The van der Waals surface area contributed by atoms with Crippen molar-refractivity contribution in [3.8, 4) is 0 Å². The largest absolute Gasteiger partial charge is 0.330 e. The van der Waals surface area contributed by atoms with Crippen molar-refractivity contribution in [2.45, 2.75) is 64.2 Å². The normalized spacial score (nSPS) is 27.9. The fourth-order valence-corrected chi connectivity index (χ4v) is 5.21. The maximum absolute atomic E-state index is 13.3. The third kappa shape index (κ3) is 3.81. The molecule has 1 aromatic carbocycles. The average molecular weight is 399 g/mol. The SMILES string of the molecule is CC1CCCN(Cc2cccc3c2C(=O)N(C2CCC(=O)NC2=O)C3)C1CCN. The van der Waals surface area contributed by atoms with E-state index in [9.17, 15) is 14.4 Å². The Morgan fingerprint density at radius 3 is 2.79 bits per heavy atom. The quantitative estimate of drug-likeness (QED) is 0.731. The molecule has 0 spiro atoms. The van der Waals surface area contributed by atoms with Gasteiger partial charge in [0.1, 0.15) is 6.04 Å². The number of imide groups is 1. The fraction of sp³-hybridized carbons (Fsp3) is 0.591. The Balaban J connectivity index is 1.56. The van der Waals surface area contributed by atoms with Crippen molar-refractivity contribution in [1.82, 2.24) is 15.1 Å². The van der Waals surface area contributed by atoms with Crippen LogP contribution < -0.4 is 11.1 Å². The summed E-state index contributed by atoms with van der Waals surface area (Å²) in [7, 11) is 0. The van der Waals surface area contributed by atoms with Gasteiger partial charge >= 0.3 is 0 Å². The van der Waals surface area contributed by atoms with Gasteiger partial charge in [-0.1, -0.05) is 25.1 Å². The van der Waals surface area contributed by atoms with Crippen LogP contribution in [0.1, 0.15) is 60.5 Å². The number of benzene rings is 1. The molecule has 1 aromatic rings. The van der Waals surface area contributed by atoms with Gasteiger partial charge < -0.3 is 10.6 Å². The molecule has 0 aromatic heterocycles. The van der Waals surface area contributed by atoms with E-state index in [0.717, 1.165) is 42.6 Å². The van der Waals surface area contributed by atoms with Crippen LogP contribution >= 0.6 is 0 Å². The number of rotatable bonds is 5. The minimum atomic E-state index is -0.569. The lowest BCUT2D eigenvalue weighted by atomic mass is 9.88. The van der Waals surface area contributed by atoms with Crippen LogP contribution in [0.15, 0.2) is 18.2 Å². The van der Waals surface area contributed by atoms with Crippen LogP contribution in [0.3, 0.4) is 0 Å². The topological polar surface area (TPSA) is 95.7 Å². The second-order valence-corrected chi connectivity index (χ2v) is 8.59. The minimum absolute atomic E-state index is 0.0921. The second-order valence-electron chi connectivity index (χ2n) is 8.59. The number of nitrogens with two attached hydrogens (primary N) is 1. The van der Waals surface area contributed by atoms with Gasteiger partial charge in [-0.25, -0.2) is 0 Å². The molecule has 3 aliphatic rings. The number of nitrogens with zero attached hydrogens (tertiary/aromatic N) is 2. The molecule has 3 N–H and O–H groups in total. The van der Waals surface area contributed by atoms with Crippen LogP contribution in [0.4, 0.5) is 0 Å². The molecular formula is C22H30N4O3. The van der Waals surface area contributed by atoms with Crippen LogP contribution in [-0.4, -0.2) is 52.7 Å². The molecule has 156 valence electrons. The monoisotopic (exact) mass is 398 g/mol. The van der Waals surface area contributed by atoms with Crippen molar-refractivity contribution in [3.05, 3.63) is 34.9 Å². The van der Waals surface area contributed by atoms with Gasteiger partial charge in [-0.15, -0.1) is 0 Å². The average Bonchev–Trinajstić information content (AvgIpc) is 3.02. The number of nitrogens with one attached hydrogen (secondary N) is 1. The Bertz CT molecular complexity index is 824. The first-order valence-corrected chi connectivity index (χ1v) is 10.7. The zero-order valence-electron chi connectivity index (χ0n) is 17.0. The van der Waals surface area contributed by atoms with Gasteiger partial charge in [0.2, 0.25) is 11.8 Å². The van der Waals surface area contributed by atoms with Gasteiger partial charge in [0.25, 0.3) is 5.91 Å². The maximum Gasteiger partial charge on any atom is 0.255 e. The number of likely N-dealkylation sites (tertiary alicyclic amines) is 1. The van der Waals surface area contributed by atoms with Gasteiger partial charge in [0.15, 0.2) is 0 Å². The molecule has 3 aliphatic heterocycles. The highest BCUT2D eigenvalue weighted by Crippen LogP contribution is 2.32. The number of hydrogen-bond donors (Lipinski definition) is 2. The molecule has 2 fully saturated rings. The van der Waals surface area contributed by atoms with Crippen LogP contribution in [-0.2, 0) is 22.7 Å². The Morgan fingerprint density at radius 1 is 1.21 bits per heavy atom. The molecular weight excluding hydrogens is 368 g/mol. The Kier molecular flexibility index (Phi) is 5.69. The standard InChI is InChI=1S/C22H30N4O3/c1-14-4-3-11-25(17(14)9-10-23)12-15-5-2-6-16-13-26(22(29)20(15)16)18-7-8-19(27)24-21(18)28/h2,5-6,14,17-18H,3-4,7-13,23H2,1H3,(H,24,27,28). The van der Waals surface area contributed by atoms with Crippen molar-refractivity contribution in [3.63, 3.8) is 0 Å². The van der Waals surface area contributed by atoms with E-state index in [-0.39, 0.29) is 24.1 Å². The zero-order valence-corrected chi connectivity index (χ0v) is 17.0. The van der Waals surface area contributed by atoms with E-state index in [2.05, 4.69) is 17.1 Å². The summed E-state index contributed by atoms with van der Waals surface area (Å²) in [6.07, 6.45) is 4.01. The first-order valence-electron chi connectivity index (χ1n) is 10.7. The van der Waals surface area contributed by atoms with Crippen LogP contribution in [0.5, 0.6) is 0 Å². The summed E-state index contributed by atoms with van der Waals surface area (Å²) in [6, 6.07) is 5.87. The number of carbonyl (C=O) groups excluding carboxylic acids is 3. The predicted octanol–water partition coefficient (Wildman–Crippen LogP) is 1.40. The highest BCUT2D eigenvalue weighted by Gasteiger charge is 2.40. The molecule has 0 saturated carbocycles. The number of fused-ring (bicyclic) bond motifs is 1. The van der Waals surface area contributed by atoms with Gasteiger partial charge in [-0.3, -0.25) is 24.6 Å². The van der Waals surface area contributed by atoms with Crippen molar-refractivity contribution in [2.75, 3.05) is 13.1 Å². The van der Waals surface area contributed by atoms with E-state index >= 15 is 0 Å². The van der Waals surface area contributed by atoms with E-state index in [1.807, 2.05) is 18.2 Å². The molecule has 3 heterocycles. The third-order valence-corrected chi connectivity index (χ3v) is 6.71. The smallest absolute Gasteiger partial charge is 0.255 e. The first kappa shape index (κ1) is 20.0. The molecule has 7 heteroatoms. The first-order chi connectivity index (χ1) is 14.0. The summed E-state index contributed by atoms with van der Waals surface area (Å²) >= 11 is 0. The van der Waals surface area contributed by atoms with Crippen molar-refractivity contribution >= 4 is 17.7 Å². The van der Waals surface area contributed by atoms with Gasteiger partial charge in [-0.2, -0.15) is 0 Å². The van der Waals surface area contributed by atoms with Crippen molar-refractivity contribution in [2.24, 2.45) is 11.7 Å². The maximum atomic E-state index is 13.3. The number of hydrogen-bond acceptors (Lipinski definition) is 5. The number of carbonyl (C=O) groups is 3. The molecule has 2 saturated heterocycles. The van der Waals surface area contributed by atoms with E-state index in [4.69, 9.17) is 5.73 Å². The van der Waals surface area contributed by atoms with Gasteiger partial charge in [-0.05, 0) is 55.8 Å². The second kappa shape index (κ2) is 8.24. The summed E-state index contributed by atoms with van der Waals surface area (Å²) in [5.74, 6) is -0.122. The van der Waals surface area contributed by atoms with Gasteiger partial charge in [0.05, 0.1) is 0 Å². The molecule has 4 rings (SSSR count). The van der Waals surface area contributed by atoms with Crippen LogP contribution in [0.25, 0.3) is 0 Å². The summed E-state index contributed by atoms with van der Waals surface area (Å²) in [4.78, 5) is 41.1. The molecule has 0 bridgehead atoms. The molecule has 0 aliphatic carbocycles. The van der Waals surface area contributed by atoms with Gasteiger partial charge in [0, 0.05) is 31.1 Å². The van der Waals surface area contributed by atoms with Crippen molar-refractivity contribution in [1.29, 1.82) is 0 Å². The lowest BCUT2D eigenvalue weighted by Crippen LogP contribution is -2.52. The highest BCUT2D eigenvalue weighted by molar-refractivity contribution is 6.05. The minimum Gasteiger partial charge on any atom is -0.330 e. The Morgan fingerprint density at radius 2 is 2.03 bits per heavy atom. The van der Waals surface area contributed by atoms with E-state index in [0.29, 0.717) is 31.5 Å². The molecule has 3 atom stereocenters. The number of piperidine rings is 2. The molecule has 3 unspecified atom stereocenters. The highest BCUT2D eigenvalue weighted by atomic mass is 16.2. The van der Waals surface area contributed by atoms with E-state index in [1.54, 1.807) is 4.90 Å². The fourth-order valence-electron chi connectivity index (χ4n) is 5.21. The third-order valence-electron chi connectivity index (χ3n) is 6.71. The summed E-state index contributed by atoms with van der Waals surface area (Å²) in [5.41, 5.74) is 8.60. The zero-order chi connectivity index (χ0) is 20.5. The molecule has 29 heavy (non-hydrogen) atoms. The molecule has 7 nitrogen and oxygen atoms in total. The lowest BCUT2D eigenvalue weighted by Gasteiger charge is -2.40. The van der Waals surface area contributed by atoms with E-state index < -0.39 is 6.04 Å². The number of amides is 3.